The normalized spacial score (nSPS) is 17.0. The van der Waals surface area contributed by atoms with Crippen molar-refractivity contribution in [2.24, 2.45) is 0 Å². The highest BCUT2D eigenvalue weighted by molar-refractivity contribution is 5.85. The van der Waals surface area contributed by atoms with Crippen LogP contribution >= 0.6 is 0 Å². The molecule has 23 heavy (non-hydrogen) atoms. The number of rotatable bonds is 7. The Kier molecular flexibility index (Phi) is 6.52. The molecule has 1 N–H and O–H groups in total. The van der Waals surface area contributed by atoms with Crippen LogP contribution in [0.5, 0.6) is 0 Å². The van der Waals surface area contributed by atoms with E-state index >= 15 is 0 Å². The van der Waals surface area contributed by atoms with Crippen LogP contribution in [0.25, 0.3) is 0 Å². The lowest BCUT2D eigenvalue weighted by Gasteiger charge is -2.24. The van der Waals surface area contributed by atoms with Gasteiger partial charge in [0.2, 0.25) is 11.8 Å². The number of carbonyl (C=O) groups excluding carboxylic acids is 2. The molecule has 0 aromatic heterocycles. The molecule has 1 saturated heterocycles. The fourth-order valence-corrected chi connectivity index (χ4v) is 2.62. The number of carbonyl (C=O) groups is 2. The first-order valence-corrected chi connectivity index (χ1v) is 7.99. The van der Waals surface area contributed by atoms with Crippen molar-refractivity contribution in [1.82, 2.24) is 10.2 Å². The van der Waals surface area contributed by atoms with E-state index in [4.69, 9.17) is 4.74 Å². The minimum atomic E-state index is -0.375. The van der Waals surface area contributed by atoms with E-state index in [1.54, 1.807) is 17.0 Å². The summed E-state index contributed by atoms with van der Waals surface area (Å²) in [6, 6.07) is 5.89. The Hall–Kier alpha value is -1.95. The molecular weight excluding hydrogens is 299 g/mol. The summed E-state index contributed by atoms with van der Waals surface area (Å²) in [4.78, 5) is 25.7. The van der Waals surface area contributed by atoms with Crippen LogP contribution in [0.1, 0.15) is 25.3 Å². The highest BCUT2D eigenvalue weighted by atomic mass is 19.1. The van der Waals surface area contributed by atoms with Crippen LogP contribution in [-0.4, -0.2) is 49.1 Å². The van der Waals surface area contributed by atoms with Crippen LogP contribution in [0.3, 0.4) is 0 Å². The van der Waals surface area contributed by atoms with Gasteiger partial charge in [0.05, 0.1) is 19.1 Å². The van der Waals surface area contributed by atoms with Crippen LogP contribution < -0.4 is 5.32 Å². The number of likely N-dealkylation sites (N-methyl/N-ethyl adjacent to an activating group) is 1. The molecule has 1 heterocycles. The molecule has 1 aliphatic rings. The Morgan fingerprint density at radius 3 is 2.91 bits per heavy atom. The number of nitrogens with zero attached hydrogens (tertiary/aromatic N) is 1. The number of benzene rings is 1. The van der Waals surface area contributed by atoms with Crippen molar-refractivity contribution < 1.29 is 18.7 Å². The highest BCUT2D eigenvalue weighted by Gasteiger charge is 2.21. The van der Waals surface area contributed by atoms with Gasteiger partial charge in [0, 0.05) is 19.7 Å². The Balaban J connectivity index is 1.76. The van der Waals surface area contributed by atoms with Gasteiger partial charge in [0.25, 0.3) is 0 Å². The molecule has 1 aromatic carbocycles. The van der Waals surface area contributed by atoms with Crippen molar-refractivity contribution in [3.63, 3.8) is 0 Å². The van der Waals surface area contributed by atoms with E-state index in [-0.39, 0.29) is 36.7 Å². The minimum absolute atomic E-state index is 0.0469. The standard InChI is InChI=1S/C17H23FN2O3/c1-2-20(12-15-7-4-8-23-15)17(22)11-19-16(21)10-13-5-3-6-14(18)9-13/h3,5-6,9,15H,2,4,7-8,10-12H2,1H3,(H,19,21). The van der Waals surface area contributed by atoms with E-state index in [2.05, 4.69) is 5.32 Å². The number of nitrogens with one attached hydrogen (secondary N) is 1. The van der Waals surface area contributed by atoms with E-state index in [9.17, 15) is 14.0 Å². The lowest BCUT2D eigenvalue weighted by molar-refractivity contribution is -0.133. The van der Waals surface area contributed by atoms with Crippen molar-refractivity contribution in [3.05, 3.63) is 35.6 Å². The van der Waals surface area contributed by atoms with E-state index < -0.39 is 0 Å². The van der Waals surface area contributed by atoms with E-state index in [0.717, 1.165) is 19.4 Å². The smallest absolute Gasteiger partial charge is 0.242 e. The summed E-state index contributed by atoms with van der Waals surface area (Å²) in [5.74, 6) is -0.798. The van der Waals surface area contributed by atoms with Gasteiger partial charge in [-0.3, -0.25) is 9.59 Å². The molecular formula is C17H23FN2O3. The van der Waals surface area contributed by atoms with Crippen LogP contribution in [0.15, 0.2) is 24.3 Å². The van der Waals surface area contributed by atoms with E-state index in [0.29, 0.717) is 18.7 Å². The number of hydrogen-bond donors (Lipinski definition) is 1. The lowest BCUT2D eigenvalue weighted by Crippen LogP contribution is -2.43. The third-order valence-corrected chi connectivity index (χ3v) is 3.87. The average molecular weight is 322 g/mol. The molecule has 2 amide bonds. The van der Waals surface area contributed by atoms with Crippen molar-refractivity contribution in [2.75, 3.05) is 26.2 Å². The molecule has 1 unspecified atom stereocenters. The third-order valence-electron chi connectivity index (χ3n) is 3.87. The Morgan fingerprint density at radius 2 is 2.26 bits per heavy atom. The zero-order chi connectivity index (χ0) is 16.7. The molecule has 5 nitrogen and oxygen atoms in total. The first-order valence-electron chi connectivity index (χ1n) is 7.99. The van der Waals surface area contributed by atoms with Gasteiger partial charge >= 0.3 is 0 Å². The quantitative estimate of drug-likeness (QED) is 0.828. The zero-order valence-corrected chi connectivity index (χ0v) is 13.4. The first kappa shape index (κ1) is 17.4. The fourth-order valence-electron chi connectivity index (χ4n) is 2.62. The Bertz CT molecular complexity index is 544. The summed E-state index contributed by atoms with van der Waals surface area (Å²) in [5.41, 5.74) is 0.585. The van der Waals surface area contributed by atoms with Gasteiger partial charge in [-0.1, -0.05) is 12.1 Å². The summed E-state index contributed by atoms with van der Waals surface area (Å²) < 4.78 is 18.6. The van der Waals surface area contributed by atoms with Crippen LogP contribution in [-0.2, 0) is 20.7 Å². The number of amides is 2. The van der Waals surface area contributed by atoms with Crippen molar-refractivity contribution in [1.29, 1.82) is 0 Å². The average Bonchev–Trinajstić information content (AvgIpc) is 3.03. The maximum absolute atomic E-state index is 13.1. The van der Waals surface area contributed by atoms with Crippen LogP contribution in [0.2, 0.25) is 0 Å². The molecule has 1 atom stereocenters. The van der Waals surface area contributed by atoms with Gasteiger partial charge in [-0.25, -0.2) is 4.39 Å². The summed E-state index contributed by atoms with van der Waals surface area (Å²) in [5, 5.41) is 2.60. The van der Waals surface area contributed by atoms with Gasteiger partial charge in [-0.05, 0) is 37.5 Å². The lowest BCUT2D eigenvalue weighted by atomic mass is 10.1. The van der Waals surface area contributed by atoms with Crippen LogP contribution in [0.4, 0.5) is 4.39 Å². The molecule has 6 heteroatoms. The van der Waals surface area contributed by atoms with Crippen LogP contribution in [0, 0.1) is 5.82 Å². The second-order valence-electron chi connectivity index (χ2n) is 5.65. The predicted molar refractivity (Wildman–Crippen MR) is 84.3 cm³/mol. The molecule has 0 saturated carbocycles. The van der Waals surface area contributed by atoms with Gasteiger partial charge in [-0.2, -0.15) is 0 Å². The van der Waals surface area contributed by atoms with Crippen molar-refractivity contribution in [2.45, 2.75) is 32.3 Å². The molecule has 0 bridgehead atoms. The Labute approximate surface area is 135 Å². The summed E-state index contributed by atoms with van der Waals surface area (Å²) in [6.07, 6.45) is 2.15. The molecule has 2 rings (SSSR count). The summed E-state index contributed by atoms with van der Waals surface area (Å²) in [6.45, 7) is 3.75. The second kappa shape index (κ2) is 8.62. The SMILES string of the molecule is CCN(CC1CCCO1)C(=O)CNC(=O)Cc1cccc(F)c1. The monoisotopic (exact) mass is 322 g/mol. The van der Waals surface area contributed by atoms with E-state index in [1.165, 1.54) is 12.1 Å². The largest absolute Gasteiger partial charge is 0.376 e. The molecule has 0 spiro atoms. The third kappa shape index (κ3) is 5.63. The first-order chi connectivity index (χ1) is 11.1. The maximum atomic E-state index is 13.1. The van der Waals surface area contributed by atoms with Gasteiger partial charge < -0.3 is 15.0 Å². The minimum Gasteiger partial charge on any atom is -0.376 e. The Morgan fingerprint density at radius 1 is 1.43 bits per heavy atom. The molecule has 1 aliphatic heterocycles. The topological polar surface area (TPSA) is 58.6 Å². The van der Waals surface area contributed by atoms with Gasteiger partial charge in [0.1, 0.15) is 5.82 Å². The molecule has 0 radical (unpaired) electrons. The fraction of sp³-hybridized carbons (Fsp3) is 0.529. The van der Waals surface area contributed by atoms with Gasteiger partial charge in [0.15, 0.2) is 0 Å². The molecule has 126 valence electrons. The molecule has 0 aliphatic carbocycles. The number of halogens is 1. The molecule has 1 fully saturated rings. The maximum Gasteiger partial charge on any atom is 0.242 e. The predicted octanol–water partition coefficient (Wildman–Crippen LogP) is 1.51. The second-order valence-corrected chi connectivity index (χ2v) is 5.65. The summed E-state index contributed by atoms with van der Waals surface area (Å²) in [7, 11) is 0. The molecule has 1 aromatic rings. The number of hydrogen-bond acceptors (Lipinski definition) is 3. The zero-order valence-electron chi connectivity index (χ0n) is 13.4. The van der Waals surface area contributed by atoms with E-state index in [1.807, 2.05) is 6.92 Å². The van der Waals surface area contributed by atoms with Crippen molar-refractivity contribution >= 4 is 11.8 Å². The van der Waals surface area contributed by atoms with Gasteiger partial charge in [-0.15, -0.1) is 0 Å². The highest BCUT2D eigenvalue weighted by Crippen LogP contribution is 2.13. The number of ether oxygens (including phenoxy) is 1. The van der Waals surface area contributed by atoms with Crippen molar-refractivity contribution in [3.8, 4) is 0 Å². The summed E-state index contributed by atoms with van der Waals surface area (Å²) >= 11 is 0.